The summed E-state index contributed by atoms with van der Waals surface area (Å²) in [6, 6.07) is 4.90. The summed E-state index contributed by atoms with van der Waals surface area (Å²) in [6.45, 7) is 0.0283. The molecule has 1 heterocycles. The summed E-state index contributed by atoms with van der Waals surface area (Å²) in [5.74, 6) is -0.856. The van der Waals surface area contributed by atoms with Gasteiger partial charge in [-0.3, -0.25) is 14.4 Å². The number of halogens is 1. The SMILES string of the molecule is COc1ccc(C(=O)COC(=O)[C@H]2CC(=O)N(C3CCCC3)C2)cc1Cl. The molecule has 0 aromatic heterocycles. The normalized spacial score (nSPS) is 20.5. The molecule has 0 N–H and O–H groups in total. The van der Waals surface area contributed by atoms with E-state index in [-0.39, 0.29) is 30.8 Å². The van der Waals surface area contributed by atoms with Crippen molar-refractivity contribution < 1.29 is 23.9 Å². The van der Waals surface area contributed by atoms with E-state index < -0.39 is 11.9 Å². The maximum atomic E-state index is 12.3. The van der Waals surface area contributed by atoms with Crippen molar-refractivity contribution in [2.45, 2.75) is 38.1 Å². The Morgan fingerprint density at radius 1 is 1.27 bits per heavy atom. The third kappa shape index (κ3) is 4.01. The van der Waals surface area contributed by atoms with Crippen LogP contribution in [0.4, 0.5) is 0 Å². The number of ketones is 1. The van der Waals surface area contributed by atoms with E-state index in [1.807, 2.05) is 4.90 Å². The molecule has 1 aliphatic carbocycles. The van der Waals surface area contributed by atoms with Crippen molar-refractivity contribution in [3.63, 3.8) is 0 Å². The third-order valence-electron chi connectivity index (χ3n) is 5.08. The summed E-state index contributed by atoms with van der Waals surface area (Å²) in [5.41, 5.74) is 0.346. The van der Waals surface area contributed by atoms with Crippen LogP contribution in [0.2, 0.25) is 5.02 Å². The number of amides is 1. The molecule has 1 atom stereocenters. The lowest BCUT2D eigenvalue weighted by Gasteiger charge is -2.23. The van der Waals surface area contributed by atoms with Crippen LogP contribution < -0.4 is 4.74 Å². The van der Waals surface area contributed by atoms with E-state index in [0.717, 1.165) is 25.7 Å². The highest BCUT2D eigenvalue weighted by molar-refractivity contribution is 6.32. The van der Waals surface area contributed by atoms with Gasteiger partial charge in [-0.2, -0.15) is 0 Å². The van der Waals surface area contributed by atoms with Gasteiger partial charge in [0.1, 0.15) is 5.75 Å². The van der Waals surface area contributed by atoms with Crippen molar-refractivity contribution in [1.82, 2.24) is 4.90 Å². The largest absolute Gasteiger partial charge is 0.495 e. The van der Waals surface area contributed by atoms with Crippen molar-refractivity contribution in [2.24, 2.45) is 5.92 Å². The van der Waals surface area contributed by atoms with Crippen LogP contribution in [0.1, 0.15) is 42.5 Å². The van der Waals surface area contributed by atoms with Crippen molar-refractivity contribution in [1.29, 1.82) is 0 Å². The summed E-state index contributed by atoms with van der Waals surface area (Å²) in [6.07, 6.45) is 4.43. The second-order valence-electron chi connectivity index (χ2n) is 6.77. The van der Waals surface area contributed by atoms with Crippen LogP contribution >= 0.6 is 11.6 Å². The summed E-state index contributed by atoms with van der Waals surface area (Å²) in [4.78, 5) is 38.4. The van der Waals surface area contributed by atoms with Gasteiger partial charge in [0.05, 0.1) is 18.1 Å². The first-order chi connectivity index (χ1) is 12.5. The predicted molar refractivity (Wildman–Crippen MR) is 95.4 cm³/mol. The monoisotopic (exact) mass is 379 g/mol. The Balaban J connectivity index is 1.53. The molecule has 1 amide bonds. The fourth-order valence-electron chi connectivity index (χ4n) is 3.64. The van der Waals surface area contributed by atoms with Gasteiger partial charge in [-0.05, 0) is 31.0 Å². The van der Waals surface area contributed by atoms with Crippen LogP contribution in [0.5, 0.6) is 5.75 Å². The first-order valence-electron chi connectivity index (χ1n) is 8.82. The number of hydrogen-bond acceptors (Lipinski definition) is 5. The number of rotatable bonds is 6. The smallest absolute Gasteiger partial charge is 0.311 e. The minimum atomic E-state index is -0.494. The number of carbonyl (C=O) groups excluding carboxylic acids is 3. The van der Waals surface area contributed by atoms with E-state index in [1.54, 1.807) is 12.1 Å². The van der Waals surface area contributed by atoms with Crippen molar-refractivity contribution in [3.05, 3.63) is 28.8 Å². The van der Waals surface area contributed by atoms with E-state index in [9.17, 15) is 14.4 Å². The van der Waals surface area contributed by atoms with E-state index in [0.29, 0.717) is 22.9 Å². The molecule has 3 rings (SSSR count). The maximum Gasteiger partial charge on any atom is 0.311 e. The van der Waals surface area contributed by atoms with E-state index in [4.69, 9.17) is 21.1 Å². The van der Waals surface area contributed by atoms with E-state index in [1.165, 1.54) is 13.2 Å². The molecule has 2 fully saturated rings. The van der Waals surface area contributed by atoms with E-state index in [2.05, 4.69) is 0 Å². The number of methoxy groups -OCH3 is 1. The van der Waals surface area contributed by atoms with Gasteiger partial charge < -0.3 is 14.4 Å². The van der Waals surface area contributed by atoms with E-state index >= 15 is 0 Å². The first-order valence-corrected chi connectivity index (χ1v) is 9.20. The van der Waals surface area contributed by atoms with Gasteiger partial charge in [-0.15, -0.1) is 0 Å². The average molecular weight is 380 g/mol. The van der Waals surface area contributed by atoms with Crippen molar-refractivity contribution in [3.8, 4) is 5.75 Å². The molecule has 0 radical (unpaired) electrons. The third-order valence-corrected chi connectivity index (χ3v) is 5.37. The Bertz CT molecular complexity index is 714. The Labute approximate surface area is 157 Å². The van der Waals surface area contributed by atoms with Crippen LogP contribution in [0.3, 0.4) is 0 Å². The summed E-state index contributed by atoms with van der Waals surface area (Å²) < 4.78 is 10.2. The average Bonchev–Trinajstić information content (AvgIpc) is 3.28. The zero-order chi connectivity index (χ0) is 18.7. The second kappa shape index (κ2) is 8.08. The number of Topliss-reactive ketones (excluding diaryl/α,β-unsaturated/α-hetero) is 1. The molecule has 1 saturated carbocycles. The Morgan fingerprint density at radius 2 is 2.00 bits per heavy atom. The molecule has 2 aliphatic rings. The van der Waals surface area contributed by atoms with Crippen LogP contribution in [-0.2, 0) is 14.3 Å². The second-order valence-corrected chi connectivity index (χ2v) is 7.17. The Kier molecular flexibility index (Phi) is 5.81. The van der Waals surface area contributed by atoms with Gasteiger partial charge in [0.25, 0.3) is 0 Å². The zero-order valence-electron chi connectivity index (χ0n) is 14.7. The maximum absolute atomic E-state index is 12.3. The molecule has 7 heteroatoms. The van der Waals surface area contributed by atoms with Gasteiger partial charge in [0, 0.05) is 24.6 Å². The zero-order valence-corrected chi connectivity index (χ0v) is 15.5. The summed E-state index contributed by atoms with van der Waals surface area (Å²) in [7, 11) is 1.49. The van der Waals surface area contributed by atoms with Gasteiger partial charge in [0.2, 0.25) is 5.91 Å². The lowest BCUT2D eigenvalue weighted by atomic mass is 10.1. The minimum Gasteiger partial charge on any atom is -0.495 e. The molecule has 1 saturated heterocycles. The molecule has 6 nitrogen and oxygen atoms in total. The van der Waals surface area contributed by atoms with Crippen LogP contribution in [0, 0.1) is 5.92 Å². The number of benzene rings is 1. The number of hydrogen-bond donors (Lipinski definition) is 0. The van der Waals surface area contributed by atoms with Gasteiger partial charge in [0.15, 0.2) is 12.4 Å². The standard InChI is InChI=1S/C19H22ClNO5/c1-25-17-7-6-12(8-15(17)20)16(22)11-26-19(24)13-9-18(23)21(10-13)14-4-2-3-5-14/h6-8,13-14H,2-5,9-11H2,1H3/t13-/m0/s1. The predicted octanol–water partition coefficient (Wildman–Crippen LogP) is 2.87. The Morgan fingerprint density at radius 3 is 2.65 bits per heavy atom. The molecule has 26 heavy (non-hydrogen) atoms. The fourth-order valence-corrected chi connectivity index (χ4v) is 3.89. The molecule has 140 valence electrons. The molecule has 1 aromatic carbocycles. The van der Waals surface area contributed by atoms with Gasteiger partial charge in [-0.1, -0.05) is 24.4 Å². The highest BCUT2D eigenvalue weighted by Crippen LogP contribution is 2.30. The Hall–Kier alpha value is -2.08. The number of likely N-dealkylation sites (tertiary alicyclic amines) is 1. The highest BCUT2D eigenvalue weighted by Gasteiger charge is 2.39. The van der Waals surface area contributed by atoms with Gasteiger partial charge in [-0.25, -0.2) is 0 Å². The first kappa shape index (κ1) is 18.7. The molecular weight excluding hydrogens is 358 g/mol. The molecule has 1 aromatic rings. The minimum absolute atomic E-state index is 0.00659. The topological polar surface area (TPSA) is 72.9 Å². The lowest BCUT2D eigenvalue weighted by Crippen LogP contribution is -2.35. The summed E-state index contributed by atoms with van der Waals surface area (Å²) in [5, 5.41) is 0.318. The van der Waals surface area contributed by atoms with Crippen molar-refractivity contribution in [2.75, 3.05) is 20.3 Å². The molecule has 0 spiro atoms. The fraction of sp³-hybridized carbons (Fsp3) is 0.526. The summed E-state index contributed by atoms with van der Waals surface area (Å²) >= 11 is 6.01. The number of carbonyl (C=O) groups is 3. The van der Waals surface area contributed by atoms with Crippen LogP contribution in [0.25, 0.3) is 0 Å². The number of esters is 1. The number of nitrogens with zero attached hydrogens (tertiary/aromatic N) is 1. The molecule has 0 unspecified atom stereocenters. The molecule has 0 bridgehead atoms. The lowest BCUT2D eigenvalue weighted by molar-refractivity contribution is -0.147. The van der Waals surface area contributed by atoms with Crippen LogP contribution in [0.15, 0.2) is 18.2 Å². The van der Waals surface area contributed by atoms with Crippen molar-refractivity contribution >= 4 is 29.3 Å². The quantitative estimate of drug-likeness (QED) is 0.561. The number of ether oxygens (including phenoxy) is 2. The van der Waals surface area contributed by atoms with Gasteiger partial charge >= 0.3 is 5.97 Å². The highest BCUT2D eigenvalue weighted by atomic mass is 35.5. The van der Waals surface area contributed by atoms with Crippen LogP contribution in [-0.4, -0.2) is 48.9 Å². The molecule has 1 aliphatic heterocycles. The molecular formula is C19H22ClNO5.